The smallest absolute Gasteiger partial charge is 0.308 e. The Hall–Kier alpha value is -3.35. The van der Waals surface area contributed by atoms with Gasteiger partial charge in [-0.3, -0.25) is 14.4 Å². The van der Waals surface area contributed by atoms with Crippen molar-refractivity contribution in [2.45, 2.75) is 25.8 Å². The maximum Gasteiger partial charge on any atom is 0.308 e. The summed E-state index contributed by atoms with van der Waals surface area (Å²) < 4.78 is 10.2. The fraction of sp³-hybridized carbons (Fsp3) is 0.318. The normalized spacial score (nSPS) is 11.2. The van der Waals surface area contributed by atoms with Crippen LogP contribution in [0.5, 0.6) is 5.75 Å². The topological polar surface area (TPSA) is 93.7 Å². The van der Waals surface area contributed by atoms with Crippen molar-refractivity contribution in [1.82, 2.24) is 10.6 Å². The van der Waals surface area contributed by atoms with Gasteiger partial charge in [-0.1, -0.05) is 30.3 Å². The molecule has 7 heteroatoms. The van der Waals surface area contributed by atoms with Crippen LogP contribution in [0, 0.1) is 0 Å². The number of carbonyl (C=O) groups excluding carboxylic acids is 3. The van der Waals surface area contributed by atoms with Crippen LogP contribution in [-0.4, -0.2) is 38.0 Å². The lowest BCUT2D eigenvalue weighted by Gasteiger charge is -2.19. The van der Waals surface area contributed by atoms with Gasteiger partial charge in [0.15, 0.2) is 0 Å². The number of amides is 2. The molecule has 154 valence electrons. The fourth-order valence-corrected chi connectivity index (χ4v) is 2.74. The Morgan fingerprint density at radius 1 is 1.03 bits per heavy atom. The second-order valence-electron chi connectivity index (χ2n) is 6.28. The molecular formula is C22H26N2O5. The standard InChI is InChI=1S/C22H26N2O5/c1-3-29-21(26)15-19(17-10-7-11-18(14-17)28-2)24-20(25)12-13-23-22(27)16-8-5-4-6-9-16/h4-11,14,19H,3,12-13,15H2,1-2H3,(H,23,27)(H,24,25). The third-order valence-electron chi connectivity index (χ3n) is 4.18. The second-order valence-corrected chi connectivity index (χ2v) is 6.28. The maximum absolute atomic E-state index is 12.4. The number of hydrogen-bond donors (Lipinski definition) is 2. The van der Waals surface area contributed by atoms with Gasteiger partial charge in [0.25, 0.3) is 5.91 Å². The summed E-state index contributed by atoms with van der Waals surface area (Å²) in [7, 11) is 1.55. The third kappa shape index (κ3) is 7.29. The number of hydrogen-bond acceptors (Lipinski definition) is 5. The zero-order chi connectivity index (χ0) is 21.1. The van der Waals surface area contributed by atoms with Crippen molar-refractivity contribution >= 4 is 17.8 Å². The van der Waals surface area contributed by atoms with Crippen LogP contribution in [0.1, 0.15) is 41.7 Å². The summed E-state index contributed by atoms with van der Waals surface area (Å²) >= 11 is 0. The number of benzene rings is 2. The maximum atomic E-state index is 12.4. The van der Waals surface area contributed by atoms with E-state index >= 15 is 0 Å². The van der Waals surface area contributed by atoms with E-state index in [0.29, 0.717) is 11.3 Å². The van der Waals surface area contributed by atoms with E-state index in [1.807, 2.05) is 12.1 Å². The summed E-state index contributed by atoms with van der Waals surface area (Å²) in [5.41, 5.74) is 1.27. The number of methoxy groups -OCH3 is 1. The van der Waals surface area contributed by atoms with Crippen LogP contribution >= 0.6 is 0 Å². The number of rotatable bonds is 10. The quantitative estimate of drug-likeness (QED) is 0.600. The zero-order valence-corrected chi connectivity index (χ0v) is 16.6. The largest absolute Gasteiger partial charge is 0.497 e. The van der Waals surface area contributed by atoms with Crippen LogP contribution in [0.25, 0.3) is 0 Å². The van der Waals surface area contributed by atoms with Gasteiger partial charge in [-0.15, -0.1) is 0 Å². The highest BCUT2D eigenvalue weighted by molar-refractivity contribution is 5.94. The highest BCUT2D eigenvalue weighted by atomic mass is 16.5. The number of ether oxygens (including phenoxy) is 2. The highest BCUT2D eigenvalue weighted by Crippen LogP contribution is 2.22. The molecule has 29 heavy (non-hydrogen) atoms. The molecule has 0 spiro atoms. The number of nitrogens with one attached hydrogen (secondary N) is 2. The van der Waals surface area contributed by atoms with E-state index in [-0.39, 0.29) is 37.8 Å². The van der Waals surface area contributed by atoms with Gasteiger partial charge >= 0.3 is 5.97 Å². The van der Waals surface area contributed by atoms with E-state index in [0.717, 1.165) is 5.56 Å². The van der Waals surface area contributed by atoms with Crippen molar-refractivity contribution in [3.8, 4) is 5.75 Å². The van der Waals surface area contributed by atoms with Crippen LogP contribution in [0.4, 0.5) is 0 Å². The van der Waals surface area contributed by atoms with Crippen LogP contribution in [0.3, 0.4) is 0 Å². The summed E-state index contributed by atoms with van der Waals surface area (Å²) in [5, 5.41) is 5.55. The fourth-order valence-electron chi connectivity index (χ4n) is 2.74. The van der Waals surface area contributed by atoms with E-state index in [9.17, 15) is 14.4 Å². The van der Waals surface area contributed by atoms with Gasteiger partial charge in [-0.25, -0.2) is 0 Å². The molecule has 1 atom stereocenters. The average molecular weight is 398 g/mol. The molecule has 0 aliphatic heterocycles. The minimum atomic E-state index is -0.554. The van der Waals surface area contributed by atoms with E-state index < -0.39 is 12.0 Å². The molecule has 0 radical (unpaired) electrons. The summed E-state index contributed by atoms with van der Waals surface area (Å²) in [6, 6.07) is 15.4. The molecule has 0 aromatic heterocycles. The first-order valence-electron chi connectivity index (χ1n) is 9.45. The Morgan fingerprint density at radius 3 is 2.48 bits per heavy atom. The first kappa shape index (κ1) is 21.9. The Kier molecular flexibility index (Phi) is 8.69. The molecular weight excluding hydrogens is 372 g/mol. The van der Waals surface area contributed by atoms with Crippen molar-refractivity contribution in [2.24, 2.45) is 0 Å². The van der Waals surface area contributed by atoms with E-state index in [1.165, 1.54) is 0 Å². The Labute approximate surface area is 170 Å². The van der Waals surface area contributed by atoms with E-state index in [1.54, 1.807) is 56.5 Å². The molecule has 1 unspecified atom stereocenters. The summed E-state index contributed by atoms with van der Waals surface area (Å²) in [6.45, 7) is 2.18. The van der Waals surface area contributed by atoms with Crippen molar-refractivity contribution < 1.29 is 23.9 Å². The highest BCUT2D eigenvalue weighted by Gasteiger charge is 2.20. The molecule has 2 aromatic rings. The van der Waals surface area contributed by atoms with Gasteiger partial charge in [-0.2, -0.15) is 0 Å². The SMILES string of the molecule is CCOC(=O)CC(NC(=O)CCNC(=O)c1ccccc1)c1cccc(OC)c1. The molecule has 0 saturated carbocycles. The molecule has 2 N–H and O–H groups in total. The first-order chi connectivity index (χ1) is 14.0. The predicted octanol–water partition coefficient (Wildman–Crippen LogP) is 2.63. The van der Waals surface area contributed by atoms with Crippen LogP contribution in [0.2, 0.25) is 0 Å². The van der Waals surface area contributed by atoms with Crippen molar-refractivity contribution in [3.05, 3.63) is 65.7 Å². The van der Waals surface area contributed by atoms with Gasteiger partial charge in [-0.05, 0) is 36.8 Å². The molecule has 0 aliphatic rings. The summed E-state index contributed by atoms with van der Waals surface area (Å²) in [4.78, 5) is 36.4. The van der Waals surface area contributed by atoms with Gasteiger partial charge in [0.2, 0.25) is 5.91 Å². The minimum Gasteiger partial charge on any atom is -0.497 e. The number of esters is 1. The molecule has 2 amide bonds. The molecule has 7 nitrogen and oxygen atoms in total. The van der Waals surface area contributed by atoms with Crippen LogP contribution in [-0.2, 0) is 14.3 Å². The molecule has 0 bridgehead atoms. The molecule has 2 aromatic carbocycles. The Balaban J connectivity index is 1.95. The third-order valence-corrected chi connectivity index (χ3v) is 4.18. The van der Waals surface area contributed by atoms with Crippen LogP contribution < -0.4 is 15.4 Å². The molecule has 0 aliphatic carbocycles. The lowest BCUT2D eigenvalue weighted by atomic mass is 10.0. The first-order valence-corrected chi connectivity index (χ1v) is 9.45. The summed E-state index contributed by atoms with van der Waals surface area (Å²) in [6.07, 6.45) is 0.0883. The molecule has 0 saturated heterocycles. The second kappa shape index (κ2) is 11.5. The van der Waals surface area contributed by atoms with Crippen LogP contribution in [0.15, 0.2) is 54.6 Å². The van der Waals surface area contributed by atoms with Crippen molar-refractivity contribution in [1.29, 1.82) is 0 Å². The number of carbonyl (C=O) groups is 3. The van der Waals surface area contributed by atoms with E-state index in [4.69, 9.17) is 9.47 Å². The lowest BCUT2D eigenvalue weighted by molar-refractivity contribution is -0.143. The van der Waals surface area contributed by atoms with Gasteiger partial charge in [0, 0.05) is 18.5 Å². The average Bonchev–Trinajstić information content (AvgIpc) is 2.74. The predicted molar refractivity (Wildman–Crippen MR) is 109 cm³/mol. The van der Waals surface area contributed by atoms with Gasteiger partial charge < -0.3 is 20.1 Å². The molecule has 0 heterocycles. The Bertz CT molecular complexity index is 823. The molecule has 2 rings (SSSR count). The molecule has 0 fully saturated rings. The van der Waals surface area contributed by atoms with Crippen molar-refractivity contribution in [2.75, 3.05) is 20.3 Å². The Morgan fingerprint density at radius 2 is 1.79 bits per heavy atom. The van der Waals surface area contributed by atoms with Gasteiger partial charge in [0.05, 0.1) is 26.2 Å². The monoisotopic (exact) mass is 398 g/mol. The zero-order valence-electron chi connectivity index (χ0n) is 16.6. The van der Waals surface area contributed by atoms with Crippen molar-refractivity contribution in [3.63, 3.8) is 0 Å². The van der Waals surface area contributed by atoms with E-state index in [2.05, 4.69) is 10.6 Å². The van der Waals surface area contributed by atoms with Gasteiger partial charge in [0.1, 0.15) is 5.75 Å². The summed E-state index contributed by atoms with van der Waals surface area (Å²) in [5.74, 6) is -0.302. The minimum absolute atomic E-state index is 0.00310. The lowest BCUT2D eigenvalue weighted by Crippen LogP contribution is -2.34.